The van der Waals surface area contributed by atoms with Crippen LogP contribution in [0.15, 0.2) is 23.7 Å². The third-order valence-electron chi connectivity index (χ3n) is 0.953. The van der Waals surface area contributed by atoms with Gasteiger partial charge in [0, 0.05) is 0 Å². The summed E-state index contributed by atoms with van der Waals surface area (Å²) in [7, 11) is 0. The van der Waals surface area contributed by atoms with E-state index in [-0.39, 0.29) is 11.5 Å². The van der Waals surface area contributed by atoms with Crippen molar-refractivity contribution in [3.63, 3.8) is 0 Å². The van der Waals surface area contributed by atoms with Crippen molar-refractivity contribution in [2.24, 2.45) is 5.73 Å². The third kappa shape index (κ3) is 2.90. The van der Waals surface area contributed by atoms with E-state index < -0.39 is 0 Å². The maximum Gasteiger partial charge on any atom is 0.141 e. The first-order valence-electron chi connectivity index (χ1n) is 3.00. The fourth-order valence-electron chi connectivity index (χ4n) is 0.484. The minimum atomic E-state index is -0.336. The molecule has 0 aliphatic heterocycles. The lowest BCUT2D eigenvalue weighted by atomic mass is 10.3. The summed E-state index contributed by atoms with van der Waals surface area (Å²) in [6, 6.07) is 0. The summed E-state index contributed by atoms with van der Waals surface area (Å²) < 4.78 is 12.4. The van der Waals surface area contributed by atoms with Crippen LogP contribution in [0.5, 0.6) is 0 Å². The summed E-state index contributed by atoms with van der Waals surface area (Å²) in [4.78, 5) is 0. The van der Waals surface area contributed by atoms with Gasteiger partial charge in [-0.2, -0.15) is 0 Å². The molecular weight excluding hydrogens is 117 g/mol. The van der Waals surface area contributed by atoms with Gasteiger partial charge in [-0.25, -0.2) is 4.39 Å². The molecule has 0 aromatic heterocycles. The standard InChI is InChI=1S/C7H12FN/c1-3-5-7(9)6(8)4-2/h4-5H,3,9H2,1-2H3/b6-4+,7-5+. The Morgan fingerprint density at radius 2 is 2.22 bits per heavy atom. The molecule has 0 radical (unpaired) electrons. The predicted octanol–water partition coefficient (Wildman–Crippen LogP) is 2.11. The Hall–Kier alpha value is -0.790. The zero-order chi connectivity index (χ0) is 7.28. The summed E-state index contributed by atoms with van der Waals surface area (Å²) in [5.74, 6) is -0.336. The van der Waals surface area contributed by atoms with Gasteiger partial charge in [-0.1, -0.05) is 13.0 Å². The molecule has 0 fully saturated rings. The molecule has 0 aliphatic carbocycles. The number of hydrogen-bond donors (Lipinski definition) is 1. The Balaban J connectivity index is 4.03. The topological polar surface area (TPSA) is 26.0 Å². The smallest absolute Gasteiger partial charge is 0.141 e. The molecule has 0 aromatic rings. The van der Waals surface area contributed by atoms with Crippen molar-refractivity contribution in [1.29, 1.82) is 0 Å². The molecule has 2 heteroatoms. The van der Waals surface area contributed by atoms with E-state index in [1.807, 2.05) is 6.92 Å². The summed E-state index contributed by atoms with van der Waals surface area (Å²) in [6.07, 6.45) is 3.77. The SMILES string of the molecule is C/C=C(F)\C(N)=C/CC. The molecule has 0 aromatic carbocycles. The maximum absolute atomic E-state index is 12.4. The first-order chi connectivity index (χ1) is 4.22. The van der Waals surface area contributed by atoms with Crippen LogP contribution < -0.4 is 5.73 Å². The molecule has 0 bridgehead atoms. The van der Waals surface area contributed by atoms with E-state index in [1.54, 1.807) is 13.0 Å². The van der Waals surface area contributed by atoms with Crippen LogP contribution >= 0.6 is 0 Å². The van der Waals surface area contributed by atoms with E-state index in [4.69, 9.17) is 5.73 Å². The van der Waals surface area contributed by atoms with E-state index in [2.05, 4.69) is 0 Å². The van der Waals surface area contributed by atoms with Crippen LogP contribution in [0.1, 0.15) is 20.3 Å². The van der Waals surface area contributed by atoms with Crippen molar-refractivity contribution >= 4 is 0 Å². The summed E-state index contributed by atoms with van der Waals surface area (Å²) in [5, 5.41) is 0. The molecule has 2 N–H and O–H groups in total. The molecule has 0 amide bonds. The second kappa shape index (κ2) is 4.13. The normalized spacial score (nSPS) is 14.1. The average molecular weight is 129 g/mol. The van der Waals surface area contributed by atoms with Crippen molar-refractivity contribution in [3.05, 3.63) is 23.7 Å². The van der Waals surface area contributed by atoms with E-state index in [1.165, 1.54) is 6.08 Å². The largest absolute Gasteiger partial charge is 0.397 e. The van der Waals surface area contributed by atoms with Gasteiger partial charge in [0.25, 0.3) is 0 Å². The number of allylic oxidation sites excluding steroid dienone is 3. The van der Waals surface area contributed by atoms with E-state index in [9.17, 15) is 4.39 Å². The highest BCUT2D eigenvalue weighted by Crippen LogP contribution is 2.04. The quantitative estimate of drug-likeness (QED) is 0.568. The average Bonchev–Trinajstić information content (AvgIpc) is 1.87. The summed E-state index contributed by atoms with van der Waals surface area (Å²) in [5.41, 5.74) is 5.49. The molecule has 0 saturated carbocycles. The Kier molecular flexibility index (Phi) is 3.76. The van der Waals surface area contributed by atoms with Crippen molar-refractivity contribution in [1.82, 2.24) is 0 Å². The van der Waals surface area contributed by atoms with Crippen LogP contribution in [0.4, 0.5) is 4.39 Å². The number of rotatable bonds is 2. The lowest BCUT2D eigenvalue weighted by molar-refractivity contribution is 0.645. The van der Waals surface area contributed by atoms with Crippen molar-refractivity contribution in [2.75, 3.05) is 0 Å². The molecule has 0 spiro atoms. The van der Waals surface area contributed by atoms with Gasteiger partial charge < -0.3 is 5.73 Å². The molecule has 0 rings (SSSR count). The van der Waals surface area contributed by atoms with Crippen LogP contribution in [-0.2, 0) is 0 Å². The zero-order valence-corrected chi connectivity index (χ0v) is 5.82. The monoisotopic (exact) mass is 129 g/mol. The predicted molar refractivity (Wildman–Crippen MR) is 37.4 cm³/mol. The van der Waals surface area contributed by atoms with Gasteiger partial charge in [0.15, 0.2) is 0 Å². The Bertz CT molecular complexity index is 136. The number of halogens is 1. The van der Waals surface area contributed by atoms with Crippen LogP contribution in [-0.4, -0.2) is 0 Å². The van der Waals surface area contributed by atoms with Crippen LogP contribution in [0.25, 0.3) is 0 Å². The molecule has 0 unspecified atom stereocenters. The van der Waals surface area contributed by atoms with E-state index in [0.717, 1.165) is 6.42 Å². The first-order valence-corrected chi connectivity index (χ1v) is 3.00. The highest BCUT2D eigenvalue weighted by atomic mass is 19.1. The molecule has 52 valence electrons. The van der Waals surface area contributed by atoms with Gasteiger partial charge in [0.2, 0.25) is 0 Å². The Morgan fingerprint density at radius 1 is 1.67 bits per heavy atom. The minimum absolute atomic E-state index is 0.236. The lowest BCUT2D eigenvalue weighted by Crippen LogP contribution is -1.96. The van der Waals surface area contributed by atoms with E-state index >= 15 is 0 Å². The highest BCUT2D eigenvalue weighted by molar-refractivity contribution is 5.20. The number of nitrogens with two attached hydrogens (primary N) is 1. The maximum atomic E-state index is 12.4. The molecule has 1 nitrogen and oxygen atoms in total. The second-order valence-electron chi connectivity index (χ2n) is 1.70. The fraction of sp³-hybridized carbons (Fsp3) is 0.429. The van der Waals surface area contributed by atoms with Gasteiger partial charge in [0.1, 0.15) is 5.83 Å². The van der Waals surface area contributed by atoms with Gasteiger partial charge >= 0.3 is 0 Å². The fourth-order valence-corrected chi connectivity index (χ4v) is 0.484. The first kappa shape index (κ1) is 8.21. The highest BCUT2D eigenvalue weighted by Gasteiger charge is 1.92. The van der Waals surface area contributed by atoms with Crippen molar-refractivity contribution in [3.8, 4) is 0 Å². The molecule has 0 atom stereocenters. The second-order valence-corrected chi connectivity index (χ2v) is 1.70. The minimum Gasteiger partial charge on any atom is -0.397 e. The zero-order valence-electron chi connectivity index (χ0n) is 5.82. The molecular formula is C7H12FN. The van der Waals surface area contributed by atoms with Gasteiger partial charge in [-0.15, -0.1) is 0 Å². The van der Waals surface area contributed by atoms with E-state index in [0.29, 0.717) is 0 Å². The van der Waals surface area contributed by atoms with Crippen LogP contribution in [0.3, 0.4) is 0 Å². The van der Waals surface area contributed by atoms with Crippen LogP contribution in [0, 0.1) is 0 Å². The van der Waals surface area contributed by atoms with Gasteiger partial charge in [-0.05, 0) is 19.4 Å². The molecule has 9 heavy (non-hydrogen) atoms. The van der Waals surface area contributed by atoms with Crippen molar-refractivity contribution in [2.45, 2.75) is 20.3 Å². The molecule has 0 saturated heterocycles. The lowest BCUT2D eigenvalue weighted by Gasteiger charge is -1.93. The summed E-state index contributed by atoms with van der Waals surface area (Å²) >= 11 is 0. The van der Waals surface area contributed by atoms with Gasteiger partial charge in [0.05, 0.1) is 5.70 Å². The van der Waals surface area contributed by atoms with Gasteiger partial charge in [-0.3, -0.25) is 0 Å². The summed E-state index contributed by atoms with van der Waals surface area (Å²) in [6.45, 7) is 3.53. The van der Waals surface area contributed by atoms with Crippen LogP contribution in [0.2, 0.25) is 0 Å². The number of hydrogen-bond acceptors (Lipinski definition) is 1. The molecule has 0 aliphatic rings. The third-order valence-corrected chi connectivity index (χ3v) is 0.953. The Morgan fingerprint density at radius 3 is 2.56 bits per heavy atom. The van der Waals surface area contributed by atoms with Crippen molar-refractivity contribution < 1.29 is 4.39 Å². The molecule has 0 heterocycles. The Labute approximate surface area is 55.1 Å².